The molecule has 3 rings (SSSR count). The molecular weight excluding hydrogens is 307 g/mol. The standard InChI is InChI=1S/C18H23FN4O/c1-13(18(24)22-11-14-5-2-3-7-16(14)19)21-12-15-6-4-9-23-10-8-20-17(15)23/h2-3,5,7-8,10,13,15,21H,4,6,9,11-12H2,1H3,(H,22,24)/t13-,15+/m0/s1. The van der Waals surface area contributed by atoms with Crippen molar-refractivity contribution in [3.05, 3.63) is 53.9 Å². The van der Waals surface area contributed by atoms with E-state index in [9.17, 15) is 9.18 Å². The number of carbonyl (C=O) groups excluding carboxylic acids is 1. The molecule has 2 heterocycles. The smallest absolute Gasteiger partial charge is 0.237 e. The third kappa shape index (κ3) is 3.82. The number of imidazole rings is 1. The summed E-state index contributed by atoms with van der Waals surface area (Å²) in [7, 11) is 0. The van der Waals surface area contributed by atoms with Gasteiger partial charge in [0.05, 0.1) is 6.04 Å². The first-order valence-corrected chi connectivity index (χ1v) is 8.40. The van der Waals surface area contributed by atoms with Gasteiger partial charge in [-0.3, -0.25) is 4.79 Å². The average Bonchev–Trinajstić information content (AvgIpc) is 3.08. The van der Waals surface area contributed by atoms with Crippen LogP contribution in [0.4, 0.5) is 4.39 Å². The van der Waals surface area contributed by atoms with Crippen LogP contribution in [-0.4, -0.2) is 28.0 Å². The quantitative estimate of drug-likeness (QED) is 0.854. The molecule has 1 aromatic carbocycles. The molecule has 1 aromatic heterocycles. The van der Waals surface area contributed by atoms with Gasteiger partial charge in [-0.15, -0.1) is 0 Å². The van der Waals surface area contributed by atoms with Crippen LogP contribution in [-0.2, 0) is 17.9 Å². The summed E-state index contributed by atoms with van der Waals surface area (Å²) in [6, 6.07) is 6.14. The van der Waals surface area contributed by atoms with Gasteiger partial charge in [-0.2, -0.15) is 0 Å². The van der Waals surface area contributed by atoms with E-state index in [0.29, 0.717) is 18.0 Å². The molecule has 128 valence electrons. The fraction of sp³-hybridized carbons (Fsp3) is 0.444. The number of benzene rings is 1. The Balaban J connectivity index is 1.48. The number of fused-ring (bicyclic) bond motifs is 1. The Morgan fingerprint density at radius 3 is 3.12 bits per heavy atom. The highest BCUT2D eigenvalue weighted by atomic mass is 19.1. The molecule has 1 aliphatic rings. The number of carbonyl (C=O) groups is 1. The Hall–Kier alpha value is -2.21. The normalized spacial score (nSPS) is 18.0. The summed E-state index contributed by atoms with van der Waals surface area (Å²) in [6.45, 7) is 3.76. The van der Waals surface area contributed by atoms with Crippen LogP contribution in [0.1, 0.15) is 37.1 Å². The van der Waals surface area contributed by atoms with Crippen LogP contribution in [0, 0.1) is 5.82 Å². The minimum Gasteiger partial charge on any atom is -0.351 e. The molecule has 0 radical (unpaired) electrons. The Kier molecular flexibility index (Phi) is 5.25. The lowest BCUT2D eigenvalue weighted by Gasteiger charge is -2.25. The van der Waals surface area contributed by atoms with E-state index in [0.717, 1.165) is 25.2 Å². The average molecular weight is 330 g/mol. The Morgan fingerprint density at radius 2 is 2.29 bits per heavy atom. The number of hydrogen-bond donors (Lipinski definition) is 2. The Morgan fingerprint density at radius 1 is 1.46 bits per heavy atom. The summed E-state index contributed by atoms with van der Waals surface area (Å²) < 4.78 is 15.7. The van der Waals surface area contributed by atoms with Gasteiger partial charge in [0, 0.05) is 43.5 Å². The van der Waals surface area contributed by atoms with Crippen LogP contribution >= 0.6 is 0 Å². The van der Waals surface area contributed by atoms with Crippen LogP contribution in [0.25, 0.3) is 0 Å². The van der Waals surface area contributed by atoms with Crippen molar-refractivity contribution in [2.24, 2.45) is 0 Å². The van der Waals surface area contributed by atoms with E-state index in [-0.39, 0.29) is 24.3 Å². The Labute approximate surface area is 141 Å². The first-order valence-electron chi connectivity index (χ1n) is 8.40. The van der Waals surface area contributed by atoms with Gasteiger partial charge in [0.25, 0.3) is 0 Å². The van der Waals surface area contributed by atoms with Crippen molar-refractivity contribution in [3.63, 3.8) is 0 Å². The molecule has 0 spiro atoms. The van der Waals surface area contributed by atoms with Gasteiger partial charge < -0.3 is 15.2 Å². The number of aromatic nitrogens is 2. The van der Waals surface area contributed by atoms with E-state index in [2.05, 4.69) is 20.2 Å². The van der Waals surface area contributed by atoms with Gasteiger partial charge in [0.1, 0.15) is 11.6 Å². The SMILES string of the molecule is C[C@H](NC[C@H]1CCCn2ccnc21)C(=O)NCc1ccccc1F. The van der Waals surface area contributed by atoms with Crippen LogP contribution in [0.15, 0.2) is 36.7 Å². The molecule has 0 unspecified atom stereocenters. The number of nitrogens with one attached hydrogen (secondary N) is 2. The maximum atomic E-state index is 13.6. The predicted octanol–water partition coefficient (Wildman–Crippen LogP) is 2.19. The van der Waals surface area contributed by atoms with Gasteiger partial charge in [0.15, 0.2) is 0 Å². The zero-order chi connectivity index (χ0) is 16.9. The largest absolute Gasteiger partial charge is 0.351 e. The van der Waals surface area contributed by atoms with Crippen molar-refractivity contribution in [1.29, 1.82) is 0 Å². The summed E-state index contributed by atoms with van der Waals surface area (Å²) in [5.41, 5.74) is 0.493. The van der Waals surface area contributed by atoms with Crippen LogP contribution in [0.5, 0.6) is 0 Å². The lowest BCUT2D eigenvalue weighted by Crippen LogP contribution is -2.43. The maximum absolute atomic E-state index is 13.6. The fourth-order valence-electron chi connectivity index (χ4n) is 3.09. The summed E-state index contributed by atoms with van der Waals surface area (Å²) in [4.78, 5) is 16.6. The molecule has 1 amide bonds. The van der Waals surface area contributed by atoms with Gasteiger partial charge in [-0.25, -0.2) is 9.37 Å². The number of halogens is 1. The van der Waals surface area contributed by atoms with Crippen molar-refractivity contribution in [2.75, 3.05) is 6.54 Å². The third-order valence-corrected chi connectivity index (χ3v) is 4.54. The molecule has 24 heavy (non-hydrogen) atoms. The highest BCUT2D eigenvalue weighted by molar-refractivity contribution is 5.81. The first kappa shape index (κ1) is 16.6. The lowest BCUT2D eigenvalue weighted by atomic mass is 9.98. The molecule has 2 atom stereocenters. The zero-order valence-electron chi connectivity index (χ0n) is 13.8. The van der Waals surface area contributed by atoms with E-state index in [1.54, 1.807) is 18.2 Å². The molecule has 2 N–H and O–H groups in total. The second-order valence-electron chi connectivity index (χ2n) is 6.26. The minimum atomic E-state index is -0.331. The molecule has 0 saturated heterocycles. The fourth-order valence-corrected chi connectivity index (χ4v) is 3.09. The third-order valence-electron chi connectivity index (χ3n) is 4.54. The molecule has 0 saturated carbocycles. The maximum Gasteiger partial charge on any atom is 0.237 e. The topological polar surface area (TPSA) is 59.0 Å². The van der Waals surface area contributed by atoms with Crippen LogP contribution < -0.4 is 10.6 Å². The molecule has 0 fully saturated rings. The first-order chi connectivity index (χ1) is 11.6. The van der Waals surface area contributed by atoms with Gasteiger partial charge in [-0.05, 0) is 25.8 Å². The molecule has 5 nitrogen and oxygen atoms in total. The van der Waals surface area contributed by atoms with Crippen molar-refractivity contribution in [1.82, 2.24) is 20.2 Å². The van der Waals surface area contributed by atoms with Gasteiger partial charge in [-0.1, -0.05) is 18.2 Å². The van der Waals surface area contributed by atoms with Crippen molar-refractivity contribution in [2.45, 2.75) is 44.8 Å². The van der Waals surface area contributed by atoms with E-state index in [1.807, 2.05) is 19.3 Å². The second-order valence-corrected chi connectivity index (χ2v) is 6.26. The summed E-state index contributed by atoms with van der Waals surface area (Å²) in [6.07, 6.45) is 6.04. The van der Waals surface area contributed by atoms with Crippen molar-refractivity contribution >= 4 is 5.91 Å². The molecular formula is C18H23FN4O. The monoisotopic (exact) mass is 330 g/mol. The summed E-state index contributed by atoms with van der Waals surface area (Å²) in [5.74, 6) is 0.994. The molecule has 6 heteroatoms. The van der Waals surface area contributed by atoms with Gasteiger partial charge in [0.2, 0.25) is 5.91 Å². The molecule has 0 aliphatic carbocycles. The summed E-state index contributed by atoms with van der Waals surface area (Å²) >= 11 is 0. The Bertz CT molecular complexity index is 700. The number of hydrogen-bond acceptors (Lipinski definition) is 3. The zero-order valence-corrected chi connectivity index (χ0v) is 13.8. The highest BCUT2D eigenvalue weighted by Gasteiger charge is 2.22. The summed E-state index contributed by atoms with van der Waals surface area (Å²) in [5, 5.41) is 6.05. The highest BCUT2D eigenvalue weighted by Crippen LogP contribution is 2.24. The number of nitrogens with zero attached hydrogens (tertiary/aromatic N) is 2. The number of amides is 1. The minimum absolute atomic E-state index is 0.127. The predicted molar refractivity (Wildman–Crippen MR) is 89.9 cm³/mol. The van der Waals surface area contributed by atoms with Crippen LogP contribution in [0.3, 0.4) is 0 Å². The van der Waals surface area contributed by atoms with E-state index < -0.39 is 0 Å². The number of rotatable bonds is 6. The van der Waals surface area contributed by atoms with E-state index in [4.69, 9.17) is 0 Å². The van der Waals surface area contributed by atoms with Crippen molar-refractivity contribution in [3.8, 4) is 0 Å². The molecule has 2 aromatic rings. The van der Waals surface area contributed by atoms with Crippen molar-refractivity contribution < 1.29 is 9.18 Å². The number of aryl methyl sites for hydroxylation is 1. The van der Waals surface area contributed by atoms with E-state index in [1.165, 1.54) is 6.07 Å². The van der Waals surface area contributed by atoms with E-state index >= 15 is 0 Å². The molecule has 1 aliphatic heterocycles. The van der Waals surface area contributed by atoms with Crippen LogP contribution in [0.2, 0.25) is 0 Å². The molecule has 0 bridgehead atoms. The second kappa shape index (κ2) is 7.57. The lowest BCUT2D eigenvalue weighted by molar-refractivity contribution is -0.122. The van der Waals surface area contributed by atoms with Gasteiger partial charge >= 0.3 is 0 Å².